The first kappa shape index (κ1) is 14.2. The molecule has 0 bridgehead atoms. The Labute approximate surface area is 129 Å². The highest BCUT2D eigenvalue weighted by atomic mass is 35.5. The van der Waals surface area contributed by atoms with Crippen molar-refractivity contribution in [3.8, 4) is 0 Å². The number of hydrogen-bond donors (Lipinski definition) is 0. The molecule has 0 atom stereocenters. The summed E-state index contributed by atoms with van der Waals surface area (Å²) in [5.41, 5.74) is 4.41. The molecule has 108 valence electrons. The quantitative estimate of drug-likeness (QED) is 0.519. The fraction of sp³-hybridized carbons (Fsp3) is 0.278. The van der Waals surface area contributed by atoms with Crippen LogP contribution in [0.4, 0.5) is 0 Å². The molecule has 3 rings (SSSR count). The van der Waals surface area contributed by atoms with Crippen molar-refractivity contribution in [2.75, 3.05) is 5.88 Å². The zero-order valence-electron chi connectivity index (χ0n) is 12.3. The Morgan fingerprint density at radius 3 is 2.62 bits per heavy atom. The Hall–Kier alpha value is -1.80. The van der Waals surface area contributed by atoms with Crippen LogP contribution < -0.4 is 5.43 Å². The van der Waals surface area contributed by atoms with Crippen molar-refractivity contribution in [1.82, 2.24) is 4.57 Å². The van der Waals surface area contributed by atoms with E-state index < -0.39 is 0 Å². The summed E-state index contributed by atoms with van der Waals surface area (Å²) in [6.07, 6.45) is 0.886. The molecule has 2 aromatic carbocycles. The molecule has 0 saturated carbocycles. The van der Waals surface area contributed by atoms with Gasteiger partial charge in [-0.3, -0.25) is 4.79 Å². The van der Waals surface area contributed by atoms with E-state index in [1.165, 1.54) is 0 Å². The number of para-hydroxylation sites is 1. The summed E-state index contributed by atoms with van der Waals surface area (Å²) in [4.78, 5) is 12.8. The van der Waals surface area contributed by atoms with Crippen LogP contribution in [0.25, 0.3) is 21.8 Å². The van der Waals surface area contributed by atoms with Crippen molar-refractivity contribution in [3.05, 3.63) is 57.7 Å². The van der Waals surface area contributed by atoms with Gasteiger partial charge in [-0.15, -0.1) is 11.6 Å². The Morgan fingerprint density at radius 2 is 1.86 bits per heavy atom. The lowest BCUT2D eigenvalue weighted by atomic mass is 10.0. The molecule has 0 aliphatic carbocycles. The minimum Gasteiger partial charge on any atom is -0.340 e. The van der Waals surface area contributed by atoms with Gasteiger partial charge in [-0.2, -0.15) is 0 Å². The number of rotatable bonds is 3. The second-order valence-corrected chi connectivity index (χ2v) is 5.90. The molecule has 0 fully saturated rings. The van der Waals surface area contributed by atoms with E-state index in [9.17, 15) is 4.79 Å². The van der Waals surface area contributed by atoms with Crippen LogP contribution >= 0.6 is 11.6 Å². The van der Waals surface area contributed by atoms with E-state index in [1.807, 2.05) is 37.3 Å². The van der Waals surface area contributed by atoms with Gasteiger partial charge in [-0.1, -0.05) is 18.2 Å². The number of pyridine rings is 1. The van der Waals surface area contributed by atoms with Gasteiger partial charge in [0.05, 0.1) is 11.0 Å². The van der Waals surface area contributed by atoms with Crippen molar-refractivity contribution in [3.63, 3.8) is 0 Å². The van der Waals surface area contributed by atoms with Crippen LogP contribution in [0.5, 0.6) is 0 Å². The van der Waals surface area contributed by atoms with Crippen LogP contribution in [-0.2, 0) is 6.54 Å². The van der Waals surface area contributed by atoms with Gasteiger partial charge in [-0.25, -0.2) is 0 Å². The van der Waals surface area contributed by atoms with Crippen LogP contribution in [0.1, 0.15) is 17.5 Å². The lowest BCUT2D eigenvalue weighted by Crippen LogP contribution is -2.13. The number of nitrogens with zero attached hydrogens (tertiary/aromatic N) is 1. The molecule has 0 radical (unpaired) electrons. The summed E-state index contributed by atoms with van der Waals surface area (Å²) in [5, 5.41) is 1.59. The molecule has 0 aliphatic rings. The summed E-state index contributed by atoms with van der Waals surface area (Å²) >= 11 is 5.88. The molecule has 0 saturated heterocycles. The molecule has 0 N–H and O–H groups in total. The molecule has 2 nitrogen and oxygen atoms in total. The minimum atomic E-state index is 0.120. The van der Waals surface area contributed by atoms with E-state index in [-0.39, 0.29) is 5.43 Å². The Morgan fingerprint density at radius 1 is 1.10 bits per heavy atom. The average Bonchev–Trinajstić information content (AvgIpc) is 2.48. The SMILES string of the molecule is Cc1cc(C)c2c(c1)c(=O)c1ccccc1n2CCCCl. The molecule has 3 heteroatoms. The molecule has 21 heavy (non-hydrogen) atoms. The number of aryl methyl sites for hydroxylation is 3. The molecule has 1 heterocycles. The van der Waals surface area contributed by atoms with Crippen LogP contribution in [0.3, 0.4) is 0 Å². The largest absolute Gasteiger partial charge is 0.340 e. The zero-order chi connectivity index (χ0) is 15.0. The maximum absolute atomic E-state index is 12.8. The van der Waals surface area contributed by atoms with Gasteiger partial charge in [-0.05, 0) is 49.6 Å². The smallest absolute Gasteiger partial charge is 0.197 e. The fourth-order valence-corrected chi connectivity index (χ4v) is 3.23. The average molecular weight is 300 g/mol. The van der Waals surface area contributed by atoms with Gasteiger partial charge in [0.2, 0.25) is 0 Å². The molecule has 3 aromatic rings. The maximum Gasteiger partial charge on any atom is 0.197 e. The second kappa shape index (κ2) is 5.53. The van der Waals surface area contributed by atoms with E-state index in [0.717, 1.165) is 45.9 Å². The molecule has 0 spiro atoms. The zero-order valence-corrected chi connectivity index (χ0v) is 13.1. The third-order valence-corrected chi connectivity index (χ3v) is 4.18. The highest BCUT2D eigenvalue weighted by Gasteiger charge is 2.12. The third kappa shape index (κ3) is 2.34. The summed E-state index contributed by atoms with van der Waals surface area (Å²) < 4.78 is 2.24. The van der Waals surface area contributed by atoms with Crippen molar-refractivity contribution in [1.29, 1.82) is 0 Å². The number of benzene rings is 2. The number of fused-ring (bicyclic) bond motifs is 2. The Balaban J connectivity index is 2.52. The number of aromatic nitrogens is 1. The second-order valence-electron chi connectivity index (χ2n) is 5.52. The Bertz CT molecular complexity index is 880. The van der Waals surface area contributed by atoms with Crippen molar-refractivity contribution >= 4 is 33.4 Å². The third-order valence-electron chi connectivity index (χ3n) is 3.91. The highest BCUT2D eigenvalue weighted by Crippen LogP contribution is 2.24. The molecule has 0 aliphatic heterocycles. The van der Waals surface area contributed by atoms with E-state index >= 15 is 0 Å². The predicted octanol–water partition coefficient (Wildman–Crippen LogP) is 4.40. The van der Waals surface area contributed by atoms with Crippen LogP contribution in [0.15, 0.2) is 41.2 Å². The standard InChI is InChI=1S/C18H18ClNO/c1-12-10-13(2)17-15(11-12)18(21)14-6-3-4-7-16(14)20(17)9-5-8-19/h3-4,6-7,10-11H,5,8-9H2,1-2H3. The van der Waals surface area contributed by atoms with Gasteiger partial charge < -0.3 is 4.57 Å². The first-order valence-corrected chi connectivity index (χ1v) is 7.75. The molecule has 0 unspecified atom stereocenters. The van der Waals surface area contributed by atoms with Crippen LogP contribution in [-0.4, -0.2) is 10.4 Å². The number of halogens is 1. The first-order chi connectivity index (χ1) is 10.1. The van der Waals surface area contributed by atoms with Crippen molar-refractivity contribution < 1.29 is 0 Å². The predicted molar refractivity (Wildman–Crippen MR) is 90.5 cm³/mol. The topological polar surface area (TPSA) is 22.0 Å². The van der Waals surface area contributed by atoms with Gasteiger partial charge in [0, 0.05) is 23.2 Å². The molecule has 1 aromatic heterocycles. The number of hydrogen-bond acceptors (Lipinski definition) is 1. The van der Waals surface area contributed by atoms with Gasteiger partial charge in [0.1, 0.15) is 0 Å². The summed E-state index contributed by atoms with van der Waals surface area (Å²) in [7, 11) is 0. The monoisotopic (exact) mass is 299 g/mol. The lowest BCUT2D eigenvalue weighted by molar-refractivity contribution is 0.723. The van der Waals surface area contributed by atoms with E-state index in [0.29, 0.717) is 5.88 Å². The van der Waals surface area contributed by atoms with E-state index in [4.69, 9.17) is 11.6 Å². The highest BCUT2D eigenvalue weighted by molar-refractivity contribution is 6.17. The fourth-order valence-electron chi connectivity index (χ4n) is 3.11. The van der Waals surface area contributed by atoms with E-state index in [1.54, 1.807) is 0 Å². The Kier molecular flexibility index (Phi) is 3.73. The van der Waals surface area contributed by atoms with Gasteiger partial charge in [0.15, 0.2) is 5.43 Å². The number of alkyl halides is 1. The van der Waals surface area contributed by atoms with E-state index in [2.05, 4.69) is 17.6 Å². The minimum absolute atomic E-state index is 0.120. The lowest BCUT2D eigenvalue weighted by Gasteiger charge is -2.17. The molecular formula is C18H18ClNO. The first-order valence-electron chi connectivity index (χ1n) is 7.22. The van der Waals surface area contributed by atoms with Crippen LogP contribution in [0.2, 0.25) is 0 Å². The molecule has 0 amide bonds. The molecular weight excluding hydrogens is 282 g/mol. The van der Waals surface area contributed by atoms with Gasteiger partial charge >= 0.3 is 0 Å². The normalized spacial score (nSPS) is 11.4. The van der Waals surface area contributed by atoms with Gasteiger partial charge in [0.25, 0.3) is 0 Å². The van der Waals surface area contributed by atoms with Crippen molar-refractivity contribution in [2.45, 2.75) is 26.8 Å². The maximum atomic E-state index is 12.8. The summed E-state index contributed by atoms with van der Waals surface area (Å²) in [6.45, 7) is 4.93. The summed E-state index contributed by atoms with van der Waals surface area (Å²) in [6, 6.07) is 12.0. The summed E-state index contributed by atoms with van der Waals surface area (Å²) in [5.74, 6) is 0.618. The van der Waals surface area contributed by atoms with Crippen LogP contribution in [0, 0.1) is 13.8 Å². The van der Waals surface area contributed by atoms with Crippen molar-refractivity contribution in [2.24, 2.45) is 0 Å².